The predicted octanol–water partition coefficient (Wildman–Crippen LogP) is 7.09. The summed E-state index contributed by atoms with van der Waals surface area (Å²) < 4.78 is 68.2. The predicted molar refractivity (Wildman–Crippen MR) is 226 cm³/mol. The first-order valence-corrected chi connectivity index (χ1v) is 21.2. The molecule has 0 bridgehead atoms. The first kappa shape index (κ1) is 38.6. The van der Waals surface area contributed by atoms with Crippen molar-refractivity contribution in [3.05, 3.63) is 108 Å². The Hall–Kier alpha value is -5.34. The van der Waals surface area contributed by atoms with E-state index < -0.39 is 0 Å². The summed E-state index contributed by atoms with van der Waals surface area (Å²) in [4.78, 5) is 0. The van der Waals surface area contributed by atoms with Crippen LogP contribution in [0.3, 0.4) is 0 Å². The van der Waals surface area contributed by atoms with Gasteiger partial charge in [0.25, 0.3) is 0 Å². The molecule has 6 atom stereocenters. The topological polar surface area (TPSA) is 131 Å². The van der Waals surface area contributed by atoms with E-state index in [9.17, 15) is 0 Å². The van der Waals surface area contributed by atoms with Gasteiger partial charge in [-0.1, -0.05) is 36.4 Å². The van der Waals surface area contributed by atoms with Crippen LogP contribution in [0.4, 0.5) is 0 Å². The molecule has 12 rings (SSSR count). The number of epoxide rings is 6. The summed E-state index contributed by atoms with van der Waals surface area (Å²) in [6, 6.07) is 32.9. The molecule has 0 amide bonds. The summed E-state index contributed by atoms with van der Waals surface area (Å²) in [5.41, 5.74) is 2.16. The highest BCUT2D eigenvalue weighted by atomic mass is 16.6. The van der Waals surface area contributed by atoms with E-state index in [-0.39, 0.29) is 36.6 Å². The van der Waals surface area contributed by atoms with Crippen molar-refractivity contribution in [1.29, 1.82) is 0 Å². The van der Waals surface area contributed by atoms with E-state index in [0.29, 0.717) is 46.1 Å². The second kappa shape index (κ2) is 17.2. The number of benzene rings is 6. The van der Waals surface area contributed by atoms with Crippen LogP contribution in [0, 0.1) is 0 Å². The largest absolute Gasteiger partial charge is 0.491 e. The van der Waals surface area contributed by atoms with E-state index >= 15 is 0 Å². The lowest BCUT2D eigenvalue weighted by atomic mass is 9.93. The number of rotatable bonds is 20. The minimum atomic E-state index is 0.150. The van der Waals surface area contributed by atoms with E-state index in [4.69, 9.17) is 56.8 Å². The summed E-state index contributed by atoms with van der Waals surface area (Å²) in [7, 11) is 0. The van der Waals surface area contributed by atoms with Gasteiger partial charge in [-0.05, 0) is 87.6 Å². The molecule has 0 radical (unpaired) electrons. The molecule has 61 heavy (non-hydrogen) atoms. The van der Waals surface area contributed by atoms with Crippen LogP contribution in [0.15, 0.2) is 97.1 Å². The molecule has 6 saturated heterocycles. The number of hydrogen-bond acceptors (Lipinski definition) is 12. The van der Waals surface area contributed by atoms with Crippen LogP contribution in [0.1, 0.15) is 11.1 Å². The van der Waals surface area contributed by atoms with Crippen LogP contribution in [0.25, 0.3) is 32.3 Å². The van der Waals surface area contributed by atoms with Crippen molar-refractivity contribution in [3.8, 4) is 34.5 Å². The summed E-state index contributed by atoms with van der Waals surface area (Å²) in [5.74, 6) is 5.07. The lowest BCUT2D eigenvalue weighted by Gasteiger charge is -2.19. The molecular formula is C49H48O12. The third-order valence-corrected chi connectivity index (χ3v) is 11.3. The van der Waals surface area contributed by atoms with Gasteiger partial charge in [0.15, 0.2) is 0 Å². The zero-order chi connectivity index (χ0) is 40.5. The normalized spacial score (nSPS) is 23.7. The maximum absolute atomic E-state index is 6.36. The molecule has 0 aromatic heterocycles. The van der Waals surface area contributed by atoms with Gasteiger partial charge in [-0.3, -0.25) is 0 Å². The van der Waals surface area contributed by atoms with Gasteiger partial charge in [-0.2, -0.15) is 0 Å². The first-order chi connectivity index (χ1) is 30.1. The maximum atomic E-state index is 6.36. The number of ether oxygens (including phenoxy) is 12. The van der Waals surface area contributed by atoms with Crippen molar-refractivity contribution in [3.63, 3.8) is 0 Å². The van der Waals surface area contributed by atoms with Crippen molar-refractivity contribution in [2.24, 2.45) is 0 Å². The second-order valence-electron chi connectivity index (χ2n) is 16.3. The van der Waals surface area contributed by atoms with E-state index in [2.05, 4.69) is 54.6 Å². The van der Waals surface area contributed by atoms with Crippen molar-refractivity contribution in [2.45, 2.75) is 43.0 Å². The molecule has 12 nitrogen and oxygen atoms in total. The average Bonchev–Trinajstić information content (AvgIpc) is 4.06. The van der Waals surface area contributed by atoms with Crippen molar-refractivity contribution in [2.75, 3.05) is 79.3 Å². The Morgan fingerprint density at radius 1 is 0.344 bits per heavy atom. The third-order valence-electron chi connectivity index (χ3n) is 11.3. The van der Waals surface area contributed by atoms with Crippen LogP contribution in [0.2, 0.25) is 0 Å². The maximum Gasteiger partial charge on any atom is 0.127 e. The SMILES string of the molecule is c1cc(OCC2CO2)c2ccc(OCC3CO3)cc2c1.c1cc2ccc(OCC3CO3)c(Cc3c(OCC4CO4)ccc4ccc(OCC5CO5)cc34)c2cc1OCC1CO1. The van der Waals surface area contributed by atoms with Crippen molar-refractivity contribution >= 4 is 32.3 Å². The average molecular weight is 829 g/mol. The highest BCUT2D eigenvalue weighted by Gasteiger charge is 2.28. The minimum absolute atomic E-state index is 0.150. The Bertz CT molecular complexity index is 2370. The molecule has 6 aromatic rings. The first-order valence-electron chi connectivity index (χ1n) is 21.2. The molecule has 6 heterocycles. The van der Waals surface area contributed by atoms with E-state index in [1.807, 2.05) is 42.5 Å². The fraction of sp³-hybridized carbons (Fsp3) is 0.388. The molecule has 0 aliphatic carbocycles. The molecule has 0 N–H and O–H groups in total. The molecular weight excluding hydrogens is 781 g/mol. The molecule has 0 saturated carbocycles. The van der Waals surface area contributed by atoms with Crippen LogP contribution < -0.4 is 28.4 Å². The minimum Gasteiger partial charge on any atom is -0.491 e. The van der Waals surface area contributed by atoms with E-state index in [1.165, 1.54) is 0 Å². The zero-order valence-electron chi connectivity index (χ0n) is 33.8. The Labute approximate surface area is 353 Å². The Kier molecular flexibility index (Phi) is 10.9. The lowest BCUT2D eigenvalue weighted by molar-refractivity contribution is 0.259. The standard InChI is InChI=1S/C33H32O8.C16H16O4/c1-5-22(34-12-24-14-36-24)9-28-20(1)3-7-32(40-18-26-16-38-26)30(28)11-31-29-10-23(35-13-25-15-37-25)6-2-21(29)4-8-33(31)41-19-27-17-39-27;1-2-11-6-12(17-7-13-8-18-13)4-5-15(11)16(3-1)20-10-14-9-19-14/h1-10,24-27H,11-19H2;1-6,13-14H,7-10H2. The summed E-state index contributed by atoms with van der Waals surface area (Å²) in [6.07, 6.45) is 1.82. The molecule has 12 heteroatoms. The monoisotopic (exact) mass is 828 g/mol. The van der Waals surface area contributed by atoms with Crippen LogP contribution in [0.5, 0.6) is 34.5 Å². The van der Waals surface area contributed by atoms with Crippen molar-refractivity contribution in [1.82, 2.24) is 0 Å². The van der Waals surface area contributed by atoms with Gasteiger partial charge in [0.05, 0.1) is 39.6 Å². The molecule has 6 aromatic carbocycles. The van der Waals surface area contributed by atoms with Gasteiger partial charge in [0, 0.05) is 22.9 Å². The Balaban J connectivity index is 0.000000175. The molecule has 6 fully saturated rings. The van der Waals surface area contributed by atoms with Gasteiger partial charge in [-0.25, -0.2) is 0 Å². The van der Waals surface area contributed by atoms with E-state index in [1.54, 1.807) is 0 Å². The van der Waals surface area contributed by atoms with E-state index in [0.717, 1.165) is 118 Å². The van der Waals surface area contributed by atoms with Gasteiger partial charge in [0.2, 0.25) is 0 Å². The molecule has 6 aliphatic rings. The second-order valence-corrected chi connectivity index (χ2v) is 16.3. The Morgan fingerprint density at radius 2 is 0.721 bits per heavy atom. The smallest absolute Gasteiger partial charge is 0.127 e. The van der Waals surface area contributed by atoms with Gasteiger partial charge < -0.3 is 56.8 Å². The van der Waals surface area contributed by atoms with Crippen LogP contribution in [-0.4, -0.2) is 116 Å². The summed E-state index contributed by atoms with van der Waals surface area (Å²) in [6.45, 7) is 8.01. The number of fused-ring (bicyclic) bond motifs is 3. The molecule has 6 unspecified atom stereocenters. The van der Waals surface area contributed by atoms with Gasteiger partial charge in [0.1, 0.15) is 111 Å². The van der Waals surface area contributed by atoms with Gasteiger partial charge in [-0.15, -0.1) is 0 Å². The number of hydrogen-bond donors (Lipinski definition) is 0. The fourth-order valence-electron chi connectivity index (χ4n) is 7.22. The summed E-state index contributed by atoms with van der Waals surface area (Å²) >= 11 is 0. The summed E-state index contributed by atoms with van der Waals surface area (Å²) in [5, 5.41) is 6.62. The zero-order valence-corrected chi connectivity index (χ0v) is 33.8. The molecule has 6 aliphatic heterocycles. The third kappa shape index (κ3) is 10.2. The van der Waals surface area contributed by atoms with Crippen LogP contribution >= 0.6 is 0 Å². The fourth-order valence-corrected chi connectivity index (χ4v) is 7.22. The highest BCUT2D eigenvalue weighted by molar-refractivity contribution is 5.93. The quantitative estimate of drug-likeness (QED) is 0.0729. The lowest BCUT2D eigenvalue weighted by Crippen LogP contribution is -2.09. The highest BCUT2D eigenvalue weighted by Crippen LogP contribution is 2.39. The molecule has 316 valence electrons. The Morgan fingerprint density at radius 3 is 1.16 bits per heavy atom. The molecule has 0 spiro atoms. The van der Waals surface area contributed by atoms with Gasteiger partial charge >= 0.3 is 0 Å². The van der Waals surface area contributed by atoms with Crippen LogP contribution in [-0.2, 0) is 34.8 Å². The van der Waals surface area contributed by atoms with Crippen molar-refractivity contribution < 1.29 is 56.8 Å².